The maximum absolute atomic E-state index is 12.6. The molecular weight excluding hydrogens is 326 g/mol. The summed E-state index contributed by atoms with van der Waals surface area (Å²) >= 11 is 1.46. The number of anilines is 1. The molecule has 1 amide bonds. The van der Waals surface area contributed by atoms with Crippen LogP contribution in [0.3, 0.4) is 0 Å². The summed E-state index contributed by atoms with van der Waals surface area (Å²) in [7, 11) is 1.62. The van der Waals surface area contributed by atoms with Crippen LogP contribution < -0.4 is 15.6 Å². The van der Waals surface area contributed by atoms with E-state index in [0.29, 0.717) is 17.1 Å². The lowest BCUT2D eigenvalue weighted by Crippen LogP contribution is -2.18. The number of rotatable bonds is 4. The molecule has 6 nitrogen and oxygen atoms in total. The minimum absolute atomic E-state index is 0.0895. The summed E-state index contributed by atoms with van der Waals surface area (Å²) in [6, 6.07) is 7.72. The van der Waals surface area contributed by atoms with E-state index >= 15 is 0 Å². The molecule has 3 rings (SSSR count). The lowest BCUT2D eigenvalue weighted by atomic mass is 10.1. The number of aromatic amines is 1. The largest absolute Gasteiger partial charge is 0.497 e. The maximum atomic E-state index is 12.6. The van der Waals surface area contributed by atoms with Gasteiger partial charge < -0.3 is 10.1 Å². The van der Waals surface area contributed by atoms with Gasteiger partial charge in [0.05, 0.1) is 23.7 Å². The highest BCUT2D eigenvalue weighted by Crippen LogP contribution is 2.40. The fourth-order valence-electron chi connectivity index (χ4n) is 2.80. The summed E-state index contributed by atoms with van der Waals surface area (Å²) < 4.78 is 6.97. The molecule has 1 aliphatic rings. The Morgan fingerprint density at radius 1 is 1.33 bits per heavy atom. The molecule has 2 heterocycles. The standard InChI is InChI=1S/C17H21N3O3S/c1-4-10(2)20-16-14(17(22)19-20)15(24-9-13(21)18-16)11-5-7-12(23-3)8-6-11/h5-8,10,15H,4,9H2,1-3H3,(H,18,21)(H,19,22)/t10-,15-/m1/s1. The van der Waals surface area contributed by atoms with Gasteiger partial charge in [0.25, 0.3) is 5.56 Å². The van der Waals surface area contributed by atoms with E-state index in [1.54, 1.807) is 11.8 Å². The Balaban J connectivity index is 2.11. The minimum Gasteiger partial charge on any atom is -0.497 e. The molecule has 1 aliphatic heterocycles. The minimum atomic E-state index is -0.195. The SMILES string of the molecule is CC[C@@H](C)n1[nH]c(=O)c2c1NC(=O)CS[C@@H]2c1ccc(OC)cc1. The van der Waals surface area contributed by atoms with Crippen molar-refractivity contribution in [3.8, 4) is 5.75 Å². The molecule has 1 aromatic carbocycles. The first-order chi connectivity index (χ1) is 11.5. The van der Waals surface area contributed by atoms with Crippen LogP contribution in [0.5, 0.6) is 5.75 Å². The molecule has 2 N–H and O–H groups in total. The van der Waals surface area contributed by atoms with Gasteiger partial charge in [-0.3, -0.25) is 19.4 Å². The number of hydrogen-bond acceptors (Lipinski definition) is 4. The van der Waals surface area contributed by atoms with Crippen LogP contribution >= 0.6 is 11.8 Å². The molecule has 0 bridgehead atoms. The third-order valence-electron chi connectivity index (χ3n) is 4.31. The molecule has 0 aliphatic carbocycles. The quantitative estimate of drug-likeness (QED) is 0.892. The van der Waals surface area contributed by atoms with Gasteiger partial charge in [0.1, 0.15) is 11.6 Å². The first-order valence-corrected chi connectivity index (χ1v) is 8.99. The lowest BCUT2D eigenvalue weighted by molar-refractivity contribution is -0.113. The second-order valence-corrected chi connectivity index (χ2v) is 6.94. The molecular formula is C17H21N3O3S. The average molecular weight is 347 g/mol. The number of methoxy groups -OCH3 is 1. The van der Waals surface area contributed by atoms with Gasteiger partial charge in [-0.1, -0.05) is 19.1 Å². The van der Waals surface area contributed by atoms with Crippen LogP contribution in [0.2, 0.25) is 0 Å². The number of H-pyrrole nitrogens is 1. The molecule has 1 aromatic heterocycles. The Morgan fingerprint density at radius 3 is 2.67 bits per heavy atom. The third-order valence-corrected chi connectivity index (χ3v) is 5.58. The Kier molecular flexibility index (Phi) is 4.71. The zero-order valence-electron chi connectivity index (χ0n) is 14.0. The van der Waals surface area contributed by atoms with Gasteiger partial charge in [0.15, 0.2) is 0 Å². The lowest BCUT2D eigenvalue weighted by Gasteiger charge is -2.16. The van der Waals surface area contributed by atoms with E-state index in [2.05, 4.69) is 10.4 Å². The number of amides is 1. The predicted molar refractivity (Wildman–Crippen MR) is 96.0 cm³/mol. The van der Waals surface area contributed by atoms with Crippen molar-refractivity contribution >= 4 is 23.5 Å². The number of thioether (sulfide) groups is 1. The summed E-state index contributed by atoms with van der Waals surface area (Å²) in [5.41, 5.74) is 1.43. The summed E-state index contributed by atoms with van der Waals surface area (Å²) in [5.74, 6) is 1.57. The monoisotopic (exact) mass is 347 g/mol. The molecule has 0 saturated heterocycles. The molecule has 0 fully saturated rings. The van der Waals surface area contributed by atoms with Crippen molar-refractivity contribution in [2.24, 2.45) is 0 Å². The molecule has 0 unspecified atom stereocenters. The predicted octanol–water partition coefficient (Wildman–Crippen LogP) is 2.93. The van der Waals surface area contributed by atoms with Gasteiger partial charge >= 0.3 is 0 Å². The van der Waals surface area contributed by atoms with E-state index in [4.69, 9.17) is 4.74 Å². The van der Waals surface area contributed by atoms with E-state index in [9.17, 15) is 9.59 Å². The van der Waals surface area contributed by atoms with Gasteiger partial charge in [0.2, 0.25) is 5.91 Å². The number of carbonyl (C=O) groups is 1. The highest BCUT2D eigenvalue weighted by Gasteiger charge is 2.31. The van der Waals surface area contributed by atoms with Crippen molar-refractivity contribution in [3.63, 3.8) is 0 Å². The maximum Gasteiger partial charge on any atom is 0.270 e. The number of nitrogens with zero attached hydrogens (tertiary/aromatic N) is 1. The van der Waals surface area contributed by atoms with Gasteiger partial charge in [-0.2, -0.15) is 0 Å². The average Bonchev–Trinajstić information content (AvgIpc) is 2.80. The van der Waals surface area contributed by atoms with Crippen molar-refractivity contribution in [1.82, 2.24) is 9.78 Å². The Morgan fingerprint density at radius 2 is 2.04 bits per heavy atom. The highest BCUT2D eigenvalue weighted by molar-refractivity contribution is 8.00. The smallest absolute Gasteiger partial charge is 0.270 e. The molecule has 0 saturated carbocycles. The number of benzene rings is 1. The van der Waals surface area contributed by atoms with Gasteiger partial charge in [-0.05, 0) is 31.0 Å². The van der Waals surface area contributed by atoms with Gasteiger partial charge in [-0.15, -0.1) is 11.8 Å². The Labute approximate surface area is 144 Å². The summed E-state index contributed by atoms with van der Waals surface area (Å²) in [5, 5.41) is 5.59. The van der Waals surface area contributed by atoms with Crippen molar-refractivity contribution in [2.75, 3.05) is 18.2 Å². The first kappa shape index (κ1) is 16.7. The fourth-order valence-corrected chi connectivity index (χ4v) is 3.92. The number of hydrogen-bond donors (Lipinski definition) is 2. The van der Waals surface area contributed by atoms with Crippen LogP contribution in [0.1, 0.15) is 42.7 Å². The van der Waals surface area contributed by atoms with Crippen molar-refractivity contribution < 1.29 is 9.53 Å². The van der Waals surface area contributed by atoms with Crippen molar-refractivity contribution in [3.05, 3.63) is 45.7 Å². The normalized spacial score (nSPS) is 18.5. The topological polar surface area (TPSA) is 76.1 Å². The van der Waals surface area contributed by atoms with Crippen LogP contribution in [0.4, 0.5) is 5.82 Å². The van der Waals surface area contributed by atoms with Gasteiger partial charge in [0, 0.05) is 6.04 Å². The fraction of sp³-hybridized carbons (Fsp3) is 0.412. The number of carbonyl (C=O) groups excluding carboxylic acids is 1. The molecule has 24 heavy (non-hydrogen) atoms. The molecule has 0 spiro atoms. The van der Waals surface area contributed by atoms with Gasteiger partial charge in [-0.25, -0.2) is 0 Å². The van der Waals surface area contributed by atoms with Crippen molar-refractivity contribution in [1.29, 1.82) is 0 Å². The van der Waals surface area contributed by atoms with Crippen LogP contribution in [0.15, 0.2) is 29.1 Å². The summed E-state index contributed by atoms with van der Waals surface area (Å²) in [6.45, 7) is 4.06. The second kappa shape index (κ2) is 6.76. The van der Waals surface area contributed by atoms with Crippen molar-refractivity contribution in [2.45, 2.75) is 31.6 Å². The zero-order chi connectivity index (χ0) is 17.3. The van der Waals surface area contributed by atoms with E-state index in [1.165, 1.54) is 11.8 Å². The van der Waals surface area contributed by atoms with E-state index in [1.807, 2.05) is 38.1 Å². The summed E-state index contributed by atoms with van der Waals surface area (Å²) in [6.07, 6.45) is 0.854. The molecule has 2 atom stereocenters. The molecule has 2 aromatic rings. The number of ether oxygens (including phenoxy) is 1. The van der Waals surface area contributed by atoms with E-state index in [0.717, 1.165) is 17.7 Å². The van der Waals surface area contributed by atoms with E-state index in [-0.39, 0.29) is 22.8 Å². The zero-order valence-corrected chi connectivity index (χ0v) is 14.8. The number of fused-ring (bicyclic) bond motifs is 1. The Hall–Kier alpha value is -2.15. The van der Waals surface area contributed by atoms with Crippen LogP contribution in [0.25, 0.3) is 0 Å². The third kappa shape index (κ3) is 2.96. The second-order valence-electron chi connectivity index (χ2n) is 5.84. The number of nitrogens with one attached hydrogen (secondary N) is 2. The van der Waals surface area contributed by atoms with E-state index < -0.39 is 0 Å². The Bertz CT molecular complexity index is 794. The highest BCUT2D eigenvalue weighted by atomic mass is 32.2. The molecule has 0 radical (unpaired) electrons. The van der Waals surface area contributed by atoms with Crippen LogP contribution in [0, 0.1) is 0 Å². The number of aromatic nitrogens is 2. The van der Waals surface area contributed by atoms with Crippen LogP contribution in [-0.4, -0.2) is 28.6 Å². The molecule has 7 heteroatoms. The van der Waals surface area contributed by atoms with Crippen LogP contribution in [-0.2, 0) is 4.79 Å². The summed E-state index contributed by atoms with van der Waals surface area (Å²) in [4.78, 5) is 24.7. The first-order valence-electron chi connectivity index (χ1n) is 7.95. The molecule has 128 valence electrons.